The molecule has 2 rings (SSSR count). The Morgan fingerprint density at radius 2 is 2.27 bits per heavy atom. The van der Waals surface area contributed by atoms with Gasteiger partial charge in [0.15, 0.2) is 0 Å². The van der Waals surface area contributed by atoms with Gasteiger partial charge in [-0.05, 0) is 51.6 Å². The van der Waals surface area contributed by atoms with Crippen LogP contribution in [0.2, 0.25) is 0 Å². The highest BCUT2D eigenvalue weighted by Crippen LogP contribution is 2.31. The minimum atomic E-state index is -0.00560. The number of rotatable bonds is 3. The minimum absolute atomic E-state index is 0.00560. The van der Waals surface area contributed by atoms with Crippen LogP contribution < -0.4 is 0 Å². The first kappa shape index (κ1) is 10.9. The van der Waals surface area contributed by atoms with Crippen molar-refractivity contribution in [3.05, 3.63) is 0 Å². The number of carbonyl (C=O) groups is 1. The van der Waals surface area contributed by atoms with E-state index in [1.807, 2.05) is 6.92 Å². The van der Waals surface area contributed by atoms with Gasteiger partial charge in [-0.15, -0.1) is 0 Å². The Labute approximate surface area is 91.8 Å². The molecule has 0 aromatic heterocycles. The maximum Gasteiger partial charge on any atom is 0.306 e. The lowest BCUT2D eigenvalue weighted by Crippen LogP contribution is -2.38. The molecule has 0 radical (unpaired) electrons. The molecule has 3 heteroatoms. The summed E-state index contributed by atoms with van der Waals surface area (Å²) in [5, 5.41) is 0. The van der Waals surface area contributed by atoms with Crippen LogP contribution in [0.15, 0.2) is 0 Å². The summed E-state index contributed by atoms with van der Waals surface area (Å²) in [4.78, 5) is 14.0. The van der Waals surface area contributed by atoms with Gasteiger partial charge in [-0.25, -0.2) is 0 Å². The van der Waals surface area contributed by atoms with E-state index in [2.05, 4.69) is 4.90 Å². The van der Waals surface area contributed by atoms with Gasteiger partial charge < -0.3 is 9.64 Å². The van der Waals surface area contributed by atoms with Crippen LogP contribution in [0.3, 0.4) is 0 Å². The smallest absolute Gasteiger partial charge is 0.306 e. The zero-order valence-corrected chi connectivity index (χ0v) is 9.58. The van der Waals surface area contributed by atoms with E-state index in [1.54, 1.807) is 0 Å². The number of esters is 1. The molecule has 0 N–H and O–H groups in total. The van der Waals surface area contributed by atoms with Crippen LogP contribution in [0.1, 0.15) is 39.0 Å². The summed E-state index contributed by atoms with van der Waals surface area (Å²) in [6, 6.07) is 0.762. The highest BCUT2D eigenvalue weighted by molar-refractivity contribution is 5.69. The summed E-state index contributed by atoms with van der Waals surface area (Å²) >= 11 is 0. The van der Waals surface area contributed by atoms with Crippen molar-refractivity contribution in [1.29, 1.82) is 0 Å². The van der Waals surface area contributed by atoms with Crippen LogP contribution in [0.5, 0.6) is 0 Å². The largest absolute Gasteiger partial charge is 0.466 e. The molecule has 2 fully saturated rings. The van der Waals surface area contributed by atoms with Crippen molar-refractivity contribution in [2.75, 3.05) is 19.7 Å². The van der Waals surface area contributed by atoms with E-state index in [-0.39, 0.29) is 5.97 Å². The number of hydrogen-bond acceptors (Lipinski definition) is 3. The van der Waals surface area contributed by atoms with E-state index in [4.69, 9.17) is 4.74 Å². The molecule has 2 atom stereocenters. The van der Waals surface area contributed by atoms with Gasteiger partial charge in [0.05, 0.1) is 6.61 Å². The third-order valence-corrected chi connectivity index (χ3v) is 3.69. The van der Waals surface area contributed by atoms with Crippen LogP contribution in [0.4, 0.5) is 0 Å². The van der Waals surface area contributed by atoms with Gasteiger partial charge in [0.1, 0.15) is 0 Å². The number of fused-ring (bicyclic) bond motifs is 1. The van der Waals surface area contributed by atoms with Gasteiger partial charge >= 0.3 is 5.97 Å². The number of nitrogens with zero attached hydrogens (tertiary/aromatic N) is 1. The Hall–Kier alpha value is -0.570. The fourth-order valence-electron chi connectivity index (χ4n) is 2.95. The summed E-state index contributed by atoms with van der Waals surface area (Å²) in [5.41, 5.74) is 0. The molecular weight excluding hydrogens is 190 g/mol. The minimum Gasteiger partial charge on any atom is -0.466 e. The molecule has 2 aliphatic rings. The average Bonchev–Trinajstić information content (AvgIpc) is 2.65. The van der Waals surface area contributed by atoms with Crippen molar-refractivity contribution in [2.24, 2.45) is 5.92 Å². The second-order valence-corrected chi connectivity index (χ2v) is 4.73. The molecule has 15 heavy (non-hydrogen) atoms. The lowest BCUT2D eigenvalue weighted by molar-refractivity contribution is -0.144. The molecule has 0 spiro atoms. The molecule has 2 aliphatic heterocycles. The predicted molar refractivity (Wildman–Crippen MR) is 58.6 cm³/mol. The van der Waals surface area contributed by atoms with Crippen molar-refractivity contribution in [3.8, 4) is 0 Å². The molecule has 0 bridgehead atoms. The van der Waals surface area contributed by atoms with E-state index < -0.39 is 0 Å². The lowest BCUT2D eigenvalue weighted by Gasteiger charge is -2.34. The summed E-state index contributed by atoms with van der Waals surface area (Å²) in [6.07, 6.45) is 5.70. The number of hydrogen-bond donors (Lipinski definition) is 0. The number of ether oxygens (including phenoxy) is 1. The average molecular weight is 211 g/mol. The summed E-state index contributed by atoms with van der Waals surface area (Å²) in [7, 11) is 0. The number of carbonyl (C=O) groups excluding carboxylic acids is 1. The third kappa shape index (κ3) is 2.71. The second kappa shape index (κ2) is 4.97. The zero-order chi connectivity index (χ0) is 10.7. The van der Waals surface area contributed by atoms with E-state index in [1.165, 1.54) is 38.8 Å². The van der Waals surface area contributed by atoms with Crippen molar-refractivity contribution in [2.45, 2.75) is 45.1 Å². The zero-order valence-electron chi connectivity index (χ0n) is 9.58. The van der Waals surface area contributed by atoms with Gasteiger partial charge in [0.2, 0.25) is 0 Å². The van der Waals surface area contributed by atoms with E-state index >= 15 is 0 Å². The highest BCUT2D eigenvalue weighted by Gasteiger charge is 2.32. The third-order valence-electron chi connectivity index (χ3n) is 3.69. The Morgan fingerprint density at radius 3 is 3.07 bits per heavy atom. The Kier molecular flexibility index (Phi) is 3.62. The Morgan fingerprint density at radius 1 is 1.40 bits per heavy atom. The van der Waals surface area contributed by atoms with Crippen LogP contribution >= 0.6 is 0 Å². The first-order chi connectivity index (χ1) is 7.29. The SMILES string of the molecule is CCOC(=O)C[C@@H]1CCN2CCC[C@@H]2C1. The quantitative estimate of drug-likeness (QED) is 0.667. The molecule has 0 saturated carbocycles. The number of piperidine rings is 1. The molecule has 0 aliphatic carbocycles. The Bertz CT molecular complexity index is 230. The highest BCUT2D eigenvalue weighted by atomic mass is 16.5. The van der Waals surface area contributed by atoms with Gasteiger partial charge in [-0.1, -0.05) is 0 Å². The molecule has 3 nitrogen and oxygen atoms in total. The van der Waals surface area contributed by atoms with Crippen LogP contribution in [-0.2, 0) is 9.53 Å². The molecule has 0 aromatic rings. The van der Waals surface area contributed by atoms with Crippen molar-refractivity contribution < 1.29 is 9.53 Å². The molecule has 2 heterocycles. The molecule has 0 aromatic carbocycles. The van der Waals surface area contributed by atoms with E-state index in [9.17, 15) is 4.79 Å². The summed E-state index contributed by atoms with van der Waals surface area (Å²) in [5.74, 6) is 0.567. The first-order valence-corrected chi connectivity index (χ1v) is 6.19. The van der Waals surface area contributed by atoms with Crippen LogP contribution in [0.25, 0.3) is 0 Å². The second-order valence-electron chi connectivity index (χ2n) is 4.73. The molecular formula is C12H21NO2. The van der Waals surface area contributed by atoms with E-state index in [0.29, 0.717) is 18.9 Å². The van der Waals surface area contributed by atoms with Gasteiger partial charge in [0.25, 0.3) is 0 Å². The standard InChI is InChI=1S/C12H21NO2/c1-2-15-12(14)9-10-5-7-13-6-3-4-11(13)8-10/h10-11H,2-9H2,1H3/t10-,11-/m1/s1. The van der Waals surface area contributed by atoms with Crippen LogP contribution in [-0.4, -0.2) is 36.6 Å². The topological polar surface area (TPSA) is 29.5 Å². The molecule has 0 unspecified atom stereocenters. The maximum absolute atomic E-state index is 11.4. The fraction of sp³-hybridized carbons (Fsp3) is 0.917. The van der Waals surface area contributed by atoms with Crippen molar-refractivity contribution in [3.63, 3.8) is 0 Å². The molecule has 0 amide bonds. The van der Waals surface area contributed by atoms with Crippen LogP contribution in [0, 0.1) is 5.92 Å². The summed E-state index contributed by atoms with van der Waals surface area (Å²) in [6.45, 7) is 4.85. The Balaban J connectivity index is 1.77. The lowest BCUT2D eigenvalue weighted by atomic mass is 9.89. The summed E-state index contributed by atoms with van der Waals surface area (Å²) < 4.78 is 5.00. The predicted octanol–water partition coefficient (Wildman–Crippen LogP) is 1.81. The van der Waals surface area contributed by atoms with Gasteiger partial charge in [-0.2, -0.15) is 0 Å². The maximum atomic E-state index is 11.4. The van der Waals surface area contributed by atoms with E-state index in [0.717, 1.165) is 6.04 Å². The first-order valence-electron chi connectivity index (χ1n) is 6.19. The van der Waals surface area contributed by atoms with Crippen molar-refractivity contribution >= 4 is 5.97 Å². The monoisotopic (exact) mass is 211 g/mol. The molecule has 2 saturated heterocycles. The van der Waals surface area contributed by atoms with Crippen molar-refractivity contribution in [1.82, 2.24) is 4.90 Å². The van der Waals surface area contributed by atoms with Gasteiger partial charge in [-0.3, -0.25) is 4.79 Å². The molecule has 86 valence electrons. The fourth-order valence-corrected chi connectivity index (χ4v) is 2.95. The normalized spacial score (nSPS) is 31.3. The van der Waals surface area contributed by atoms with Gasteiger partial charge in [0, 0.05) is 12.5 Å².